The second-order valence-electron chi connectivity index (χ2n) is 7.54. The van der Waals surface area contributed by atoms with Gasteiger partial charge in [0.05, 0.1) is 11.1 Å². The van der Waals surface area contributed by atoms with Gasteiger partial charge in [-0.1, -0.05) is 29.6 Å². The highest BCUT2D eigenvalue weighted by Crippen LogP contribution is 2.37. The van der Waals surface area contributed by atoms with Gasteiger partial charge < -0.3 is 9.84 Å². The molecule has 146 valence electrons. The third kappa shape index (κ3) is 3.08. The topological polar surface area (TPSA) is 105 Å². The number of hydrogen-bond donors (Lipinski definition) is 1. The quantitative estimate of drug-likeness (QED) is 0.795. The van der Waals surface area contributed by atoms with Crippen LogP contribution in [0.2, 0.25) is 0 Å². The largest absolute Gasteiger partial charge is 0.343 e. The molecule has 0 radical (unpaired) electrons. The van der Waals surface area contributed by atoms with Gasteiger partial charge in [-0.25, -0.2) is 0 Å². The number of aromatic nitrogens is 2. The first kappa shape index (κ1) is 18.3. The van der Waals surface area contributed by atoms with Crippen molar-refractivity contribution in [3.8, 4) is 0 Å². The maximum Gasteiger partial charge on any atom is 0.261 e. The van der Waals surface area contributed by atoms with Crippen molar-refractivity contribution in [3.05, 3.63) is 46.6 Å². The number of nitrogens with zero attached hydrogens (tertiary/aromatic N) is 3. The molecule has 4 rings (SSSR count). The maximum atomic E-state index is 12.6. The van der Waals surface area contributed by atoms with Crippen LogP contribution in [0.5, 0.6) is 0 Å². The normalized spacial score (nSPS) is 17.9. The molecule has 0 atom stereocenters. The minimum absolute atomic E-state index is 0.0308. The number of carbonyl (C=O) groups excluding carboxylic acids is 3. The predicted octanol–water partition coefficient (Wildman–Crippen LogP) is 2.26. The van der Waals surface area contributed by atoms with Crippen molar-refractivity contribution < 1.29 is 18.9 Å². The van der Waals surface area contributed by atoms with Crippen LogP contribution in [-0.2, 0) is 10.3 Å². The SMILES string of the molecule is Cc1ccc2c(c1)C(=O)N(CCC(=O)NC1(c3noc(C)n3)CCCC1)C2=O. The Bertz CT molecular complexity index is 959. The van der Waals surface area contributed by atoms with Crippen LogP contribution in [0.15, 0.2) is 22.7 Å². The number of carbonyl (C=O) groups is 3. The van der Waals surface area contributed by atoms with Gasteiger partial charge in [0, 0.05) is 19.9 Å². The van der Waals surface area contributed by atoms with Gasteiger partial charge >= 0.3 is 0 Å². The summed E-state index contributed by atoms with van der Waals surface area (Å²) in [4.78, 5) is 43.1. The molecule has 1 N–H and O–H groups in total. The Morgan fingerprint density at radius 2 is 1.89 bits per heavy atom. The summed E-state index contributed by atoms with van der Waals surface area (Å²) in [5.74, 6) is 0.0130. The Balaban J connectivity index is 1.43. The Morgan fingerprint density at radius 3 is 2.57 bits per heavy atom. The monoisotopic (exact) mass is 382 g/mol. The predicted molar refractivity (Wildman–Crippen MR) is 98.5 cm³/mol. The van der Waals surface area contributed by atoms with Crippen LogP contribution in [0.4, 0.5) is 0 Å². The van der Waals surface area contributed by atoms with E-state index in [1.54, 1.807) is 25.1 Å². The van der Waals surface area contributed by atoms with E-state index in [2.05, 4.69) is 15.5 Å². The molecule has 2 aliphatic rings. The Kier molecular flexibility index (Phi) is 4.49. The number of aryl methyl sites for hydroxylation is 2. The van der Waals surface area contributed by atoms with E-state index in [4.69, 9.17) is 4.52 Å². The third-order valence-corrected chi connectivity index (χ3v) is 5.48. The zero-order chi connectivity index (χ0) is 19.9. The zero-order valence-corrected chi connectivity index (χ0v) is 15.9. The molecule has 1 aliphatic heterocycles. The van der Waals surface area contributed by atoms with Crippen LogP contribution in [0.3, 0.4) is 0 Å². The van der Waals surface area contributed by atoms with Gasteiger partial charge in [-0.3, -0.25) is 19.3 Å². The van der Waals surface area contributed by atoms with Crippen molar-refractivity contribution in [2.45, 2.75) is 51.5 Å². The molecule has 0 saturated heterocycles. The number of fused-ring (bicyclic) bond motifs is 1. The molecular formula is C20H22N4O4. The minimum atomic E-state index is -0.631. The summed E-state index contributed by atoms with van der Waals surface area (Å²) < 4.78 is 5.09. The number of nitrogens with one attached hydrogen (secondary N) is 1. The molecule has 1 aromatic carbocycles. The Labute approximate surface area is 162 Å². The highest BCUT2D eigenvalue weighted by molar-refractivity contribution is 6.21. The first-order chi connectivity index (χ1) is 13.4. The van der Waals surface area contributed by atoms with Crippen molar-refractivity contribution in [1.82, 2.24) is 20.4 Å². The molecule has 28 heavy (non-hydrogen) atoms. The molecule has 1 aromatic heterocycles. The Hall–Kier alpha value is -3.03. The zero-order valence-electron chi connectivity index (χ0n) is 15.9. The summed E-state index contributed by atoms with van der Waals surface area (Å²) >= 11 is 0. The van der Waals surface area contributed by atoms with E-state index >= 15 is 0 Å². The lowest BCUT2D eigenvalue weighted by Gasteiger charge is -2.27. The maximum absolute atomic E-state index is 12.6. The lowest BCUT2D eigenvalue weighted by atomic mass is 9.96. The molecule has 2 aromatic rings. The van der Waals surface area contributed by atoms with E-state index in [9.17, 15) is 14.4 Å². The molecule has 1 saturated carbocycles. The van der Waals surface area contributed by atoms with Crippen molar-refractivity contribution in [2.24, 2.45) is 0 Å². The summed E-state index contributed by atoms with van der Waals surface area (Å²) in [7, 11) is 0. The van der Waals surface area contributed by atoms with E-state index in [0.717, 1.165) is 36.1 Å². The van der Waals surface area contributed by atoms with E-state index in [-0.39, 0.29) is 30.7 Å². The average Bonchev–Trinajstić information content (AvgIpc) is 3.35. The molecule has 2 heterocycles. The number of hydrogen-bond acceptors (Lipinski definition) is 6. The van der Waals surface area contributed by atoms with E-state index in [1.807, 2.05) is 6.92 Å². The average molecular weight is 382 g/mol. The third-order valence-electron chi connectivity index (χ3n) is 5.48. The summed E-state index contributed by atoms with van der Waals surface area (Å²) in [6, 6.07) is 5.18. The van der Waals surface area contributed by atoms with Crippen molar-refractivity contribution in [1.29, 1.82) is 0 Å². The molecular weight excluding hydrogens is 360 g/mol. The molecule has 1 aliphatic carbocycles. The summed E-state index contributed by atoms with van der Waals surface area (Å²) in [6.45, 7) is 3.62. The van der Waals surface area contributed by atoms with E-state index in [0.29, 0.717) is 22.8 Å². The molecule has 3 amide bonds. The summed E-state index contributed by atoms with van der Waals surface area (Å²) in [5, 5.41) is 7.03. The highest BCUT2D eigenvalue weighted by atomic mass is 16.5. The molecule has 8 nitrogen and oxygen atoms in total. The van der Waals surface area contributed by atoms with Crippen LogP contribution in [-0.4, -0.2) is 39.3 Å². The number of amides is 3. The molecule has 0 bridgehead atoms. The number of benzene rings is 1. The van der Waals surface area contributed by atoms with Crippen LogP contribution in [0, 0.1) is 13.8 Å². The second kappa shape index (κ2) is 6.85. The van der Waals surface area contributed by atoms with Gasteiger partial charge in [-0.15, -0.1) is 0 Å². The van der Waals surface area contributed by atoms with Gasteiger partial charge in [0.25, 0.3) is 11.8 Å². The molecule has 0 unspecified atom stereocenters. The lowest BCUT2D eigenvalue weighted by Crippen LogP contribution is -2.46. The standard InChI is InChI=1S/C20H22N4O4/c1-12-5-6-14-15(11-12)18(27)24(17(14)26)10-7-16(25)22-20(8-3-4-9-20)19-21-13(2)28-23-19/h5-6,11H,3-4,7-10H2,1-2H3,(H,22,25). The second-order valence-corrected chi connectivity index (χ2v) is 7.54. The smallest absolute Gasteiger partial charge is 0.261 e. The van der Waals surface area contributed by atoms with Gasteiger partial charge in [-0.05, 0) is 31.9 Å². The molecule has 1 fully saturated rings. The summed E-state index contributed by atoms with van der Waals surface area (Å²) in [6.07, 6.45) is 3.44. The number of rotatable bonds is 5. The lowest BCUT2D eigenvalue weighted by molar-refractivity contribution is -0.123. The van der Waals surface area contributed by atoms with Gasteiger partial charge in [0.2, 0.25) is 11.8 Å². The van der Waals surface area contributed by atoms with Crippen LogP contribution in [0.25, 0.3) is 0 Å². The van der Waals surface area contributed by atoms with Crippen molar-refractivity contribution >= 4 is 17.7 Å². The van der Waals surface area contributed by atoms with Gasteiger partial charge in [-0.2, -0.15) is 4.98 Å². The van der Waals surface area contributed by atoms with Crippen LogP contribution < -0.4 is 5.32 Å². The fraction of sp³-hybridized carbons (Fsp3) is 0.450. The summed E-state index contributed by atoms with van der Waals surface area (Å²) in [5.41, 5.74) is 1.08. The van der Waals surface area contributed by atoms with Crippen LogP contribution in [0.1, 0.15) is 70.1 Å². The van der Waals surface area contributed by atoms with Crippen molar-refractivity contribution in [3.63, 3.8) is 0 Å². The molecule has 8 heteroatoms. The van der Waals surface area contributed by atoms with Gasteiger partial charge in [0.15, 0.2) is 5.82 Å². The minimum Gasteiger partial charge on any atom is -0.343 e. The molecule has 0 spiro atoms. The fourth-order valence-corrected chi connectivity index (χ4v) is 4.03. The Morgan fingerprint density at radius 1 is 1.18 bits per heavy atom. The van der Waals surface area contributed by atoms with Crippen molar-refractivity contribution in [2.75, 3.05) is 6.54 Å². The first-order valence-electron chi connectivity index (χ1n) is 9.48. The van der Waals surface area contributed by atoms with E-state index in [1.165, 1.54) is 0 Å². The van der Waals surface area contributed by atoms with Crippen LogP contribution >= 0.6 is 0 Å². The van der Waals surface area contributed by atoms with Gasteiger partial charge in [0.1, 0.15) is 5.54 Å². The number of imide groups is 1. The van der Waals surface area contributed by atoms with E-state index < -0.39 is 5.54 Å². The highest BCUT2D eigenvalue weighted by Gasteiger charge is 2.41. The first-order valence-corrected chi connectivity index (χ1v) is 9.48. The fourth-order valence-electron chi connectivity index (χ4n) is 4.03.